The average Bonchev–Trinajstić information content (AvgIpc) is 2.46. The van der Waals surface area contributed by atoms with E-state index in [0.717, 1.165) is 26.1 Å². The Bertz CT molecular complexity index is 352. The van der Waals surface area contributed by atoms with Gasteiger partial charge in [-0.25, -0.2) is 4.79 Å². The Kier molecular flexibility index (Phi) is 6.95. The molecular formula is C15H29N3O3. The second-order valence-electron chi connectivity index (χ2n) is 6.02. The molecule has 1 rings (SSSR count). The van der Waals surface area contributed by atoms with Crippen molar-refractivity contribution in [2.75, 3.05) is 39.3 Å². The van der Waals surface area contributed by atoms with Gasteiger partial charge in [-0.15, -0.1) is 0 Å². The molecule has 0 aromatic heterocycles. The van der Waals surface area contributed by atoms with Gasteiger partial charge in [0.2, 0.25) is 0 Å². The Labute approximate surface area is 127 Å². The zero-order valence-electron chi connectivity index (χ0n) is 13.5. The SMILES string of the molecule is CCCN(CC)CCNC(=O)N1CCC(C)(C(=O)O)CC1. The molecule has 6 heteroatoms. The van der Waals surface area contributed by atoms with E-state index in [9.17, 15) is 14.7 Å². The first-order valence-corrected chi connectivity index (χ1v) is 7.91. The minimum Gasteiger partial charge on any atom is -0.481 e. The van der Waals surface area contributed by atoms with Crippen molar-refractivity contribution in [3.8, 4) is 0 Å². The van der Waals surface area contributed by atoms with E-state index in [-0.39, 0.29) is 6.03 Å². The van der Waals surface area contributed by atoms with Gasteiger partial charge >= 0.3 is 12.0 Å². The van der Waals surface area contributed by atoms with E-state index < -0.39 is 11.4 Å². The van der Waals surface area contributed by atoms with E-state index in [0.29, 0.717) is 32.5 Å². The molecule has 1 saturated heterocycles. The van der Waals surface area contributed by atoms with Crippen molar-refractivity contribution in [2.24, 2.45) is 5.41 Å². The van der Waals surface area contributed by atoms with Crippen molar-refractivity contribution < 1.29 is 14.7 Å². The van der Waals surface area contributed by atoms with E-state index in [1.807, 2.05) is 0 Å². The summed E-state index contributed by atoms with van der Waals surface area (Å²) in [6, 6.07) is -0.0741. The molecular weight excluding hydrogens is 270 g/mol. The maximum atomic E-state index is 12.1. The number of carboxylic acids is 1. The average molecular weight is 299 g/mol. The second-order valence-corrected chi connectivity index (χ2v) is 6.02. The van der Waals surface area contributed by atoms with Gasteiger partial charge in [0.25, 0.3) is 0 Å². The van der Waals surface area contributed by atoms with Crippen molar-refractivity contribution in [3.63, 3.8) is 0 Å². The highest BCUT2D eigenvalue weighted by molar-refractivity contribution is 5.76. The maximum absolute atomic E-state index is 12.1. The molecule has 21 heavy (non-hydrogen) atoms. The molecule has 6 nitrogen and oxygen atoms in total. The normalized spacial score (nSPS) is 17.8. The predicted molar refractivity (Wildman–Crippen MR) is 82.4 cm³/mol. The lowest BCUT2D eigenvalue weighted by molar-refractivity contribution is -0.150. The summed E-state index contributed by atoms with van der Waals surface area (Å²) < 4.78 is 0. The summed E-state index contributed by atoms with van der Waals surface area (Å²) in [5.74, 6) is -0.763. The van der Waals surface area contributed by atoms with Crippen LogP contribution in [0.4, 0.5) is 4.79 Å². The van der Waals surface area contributed by atoms with E-state index in [1.54, 1.807) is 11.8 Å². The second kappa shape index (κ2) is 8.22. The van der Waals surface area contributed by atoms with Gasteiger partial charge in [-0.1, -0.05) is 13.8 Å². The molecule has 1 heterocycles. The molecule has 0 saturated carbocycles. The first kappa shape index (κ1) is 17.8. The van der Waals surface area contributed by atoms with E-state index in [4.69, 9.17) is 0 Å². The van der Waals surface area contributed by atoms with Crippen molar-refractivity contribution in [2.45, 2.75) is 40.0 Å². The van der Waals surface area contributed by atoms with Crippen LogP contribution in [-0.2, 0) is 4.79 Å². The van der Waals surface area contributed by atoms with Gasteiger partial charge in [0.05, 0.1) is 5.41 Å². The Morgan fingerprint density at radius 1 is 1.24 bits per heavy atom. The van der Waals surface area contributed by atoms with Gasteiger partial charge in [-0.2, -0.15) is 0 Å². The molecule has 0 aromatic rings. The zero-order valence-corrected chi connectivity index (χ0v) is 13.5. The zero-order chi connectivity index (χ0) is 15.9. The summed E-state index contributed by atoms with van der Waals surface area (Å²) in [5.41, 5.74) is -0.684. The first-order chi connectivity index (χ1) is 9.92. The highest BCUT2D eigenvalue weighted by Gasteiger charge is 2.37. The fraction of sp³-hybridized carbons (Fsp3) is 0.867. The molecule has 1 aliphatic rings. The van der Waals surface area contributed by atoms with Crippen LogP contribution in [0.5, 0.6) is 0 Å². The number of carbonyl (C=O) groups excluding carboxylic acids is 1. The number of aliphatic carboxylic acids is 1. The molecule has 0 radical (unpaired) electrons. The molecule has 0 unspecified atom stereocenters. The number of likely N-dealkylation sites (tertiary alicyclic amines) is 1. The molecule has 0 aliphatic carbocycles. The Balaban J connectivity index is 2.30. The third kappa shape index (κ3) is 5.19. The molecule has 1 fully saturated rings. The number of hydrogen-bond donors (Lipinski definition) is 2. The van der Waals surface area contributed by atoms with Crippen LogP contribution in [0.2, 0.25) is 0 Å². The summed E-state index contributed by atoms with van der Waals surface area (Å²) in [5, 5.41) is 12.1. The maximum Gasteiger partial charge on any atom is 0.317 e. The minimum atomic E-state index is -0.763. The Morgan fingerprint density at radius 3 is 2.33 bits per heavy atom. The molecule has 0 bridgehead atoms. The summed E-state index contributed by atoms with van der Waals surface area (Å²) >= 11 is 0. The van der Waals surface area contributed by atoms with Crippen LogP contribution in [0, 0.1) is 5.41 Å². The van der Waals surface area contributed by atoms with Crippen molar-refractivity contribution in [1.82, 2.24) is 15.1 Å². The molecule has 122 valence electrons. The largest absolute Gasteiger partial charge is 0.481 e. The number of hydrogen-bond acceptors (Lipinski definition) is 3. The molecule has 0 spiro atoms. The summed E-state index contributed by atoms with van der Waals surface area (Å²) in [4.78, 5) is 27.3. The summed E-state index contributed by atoms with van der Waals surface area (Å²) in [6.07, 6.45) is 2.15. The third-order valence-corrected chi connectivity index (χ3v) is 4.36. The summed E-state index contributed by atoms with van der Waals surface area (Å²) in [7, 11) is 0. The molecule has 1 aliphatic heterocycles. The first-order valence-electron chi connectivity index (χ1n) is 7.91. The van der Waals surface area contributed by atoms with Crippen LogP contribution in [0.1, 0.15) is 40.0 Å². The highest BCUT2D eigenvalue weighted by atomic mass is 16.4. The number of likely N-dealkylation sites (N-methyl/N-ethyl adjacent to an activating group) is 1. The monoisotopic (exact) mass is 299 g/mol. The van der Waals surface area contributed by atoms with Gasteiger partial charge in [-0.3, -0.25) is 4.79 Å². The Hall–Kier alpha value is -1.30. The van der Waals surface area contributed by atoms with Gasteiger partial charge < -0.3 is 20.2 Å². The molecule has 2 amide bonds. The highest BCUT2D eigenvalue weighted by Crippen LogP contribution is 2.30. The number of rotatable bonds is 7. The molecule has 0 aromatic carbocycles. The quantitative estimate of drug-likeness (QED) is 0.749. The lowest BCUT2D eigenvalue weighted by atomic mass is 9.80. The van der Waals surface area contributed by atoms with Crippen LogP contribution in [0.25, 0.3) is 0 Å². The fourth-order valence-electron chi connectivity index (χ4n) is 2.59. The van der Waals surface area contributed by atoms with Crippen LogP contribution >= 0.6 is 0 Å². The van der Waals surface area contributed by atoms with Gasteiger partial charge in [0.15, 0.2) is 0 Å². The Morgan fingerprint density at radius 2 is 1.86 bits per heavy atom. The standard InChI is InChI=1S/C15H29N3O3/c1-4-9-17(5-2)12-8-16-14(21)18-10-6-15(3,7-11-18)13(19)20/h4-12H2,1-3H3,(H,16,21)(H,19,20). The van der Waals surface area contributed by atoms with Crippen LogP contribution in [-0.4, -0.2) is 66.2 Å². The van der Waals surface area contributed by atoms with Crippen molar-refractivity contribution in [3.05, 3.63) is 0 Å². The van der Waals surface area contributed by atoms with Gasteiger partial charge in [0.1, 0.15) is 0 Å². The minimum absolute atomic E-state index is 0.0741. The third-order valence-electron chi connectivity index (χ3n) is 4.36. The lowest BCUT2D eigenvalue weighted by Crippen LogP contribution is -2.49. The topological polar surface area (TPSA) is 72.9 Å². The van der Waals surface area contributed by atoms with Crippen LogP contribution in [0.15, 0.2) is 0 Å². The van der Waals surface area contributed by atoms with Crippen LogP contribution < -0.4 is 5.32 Å². The number of nitrogens with one attached hydrogen (secondary N) is 1. The number of urea groups is 1. The van der Waals surface area contributed by atoms with Crippen molar-refractivity contribution >= 4 is 12.0 Å². The number of nitrogens with zero attached hydrogens (tertiary/aromatic N) is 2. The number of piperidine rings is 1. The van der Waals surface area contributed by atoms with E-state index in [1.165, 1.54) is 0 Å². The number of carboxylic acid groups (broad SMARTS) is 1. The van der Waals surface area contributed by atoms with E-state index in [2.05, 4.69) is 24.1 Å². The lowest BCUT2D eigenvalue weighted by Gasteiger charge is -2.36. The van der Waals surface area contributed by atoms with Crippen LogP contribution in [0.3, 0.4) is 0 Å². The molecule has 2 N–H and O–H groups in total. The van der Waals surface area contributed by atoms with Crippen molar-refractivity contribution in [1.29, 1.82) is 0 Å². The number of carbonyl (C=O) groups is 2. The molecule has 0 atom stereocenters. The van der Waals surface area contributed by atoms with Gasteiger partial charge in [-0.05, 0) is 39.3 Å². The fourth-order valence-corrected chi connectivity index (χ4v) is 2.59. The van der Waals surface area contributed by atoms with E-state index >= 15 is 0 Å². The number of amides is 2. The summed E-state index contributed by atoms with van der Waals surface area (Å²) in [6.45, 7) is 10.6. The smallest absolute Gasteiger partial charge is 0.317 e. The predicted octanol–water partition coefficient (Wildman–Crippen LogP) is 1.61. The van der Waals surface area contributed by atoms with Gasteiger partial charge in [0, 0.05) is 26.2 Å².